The molecule has 4 rings (SSSR count). The highest BCUT2D eigenvalue weighted by molar-refractivity contribution is 6.22. The average Bonchev–Trinajstić information content (AvgIpc) is 3.27. The highest BCUT2D eigenvalue weighted by Crippen LogP contribution is 2.34. The largest absolute Gasteiger partial charge is 0.454 e. The third-order valence-electron chi connectivity index (χ3n) is 5.15. The van der Waals surface area contributed by atoms with Crippen LogP contribution in [0.2, 0.25) is 0 Å². The lowest BCUT2D eigenvalue weighted by atomic mass is 10.1. The van der Waals surface area contributed by atoms with E-state index in [1.54, 1.807) is 24.3 Å². The Morgan fingerprint density at radius 1 is 1.10 bits per heavy atom. The van der Waals surface area contributed by atoms with Crippen molar-refractivity contribution < 1.29 is 23.9 Å². The number of benzene rings is 2. The summed E-state index contributed by atoms with van der Waals surface area (Å²) in [6, 6.07) is 11.2. The molecule has 1 saturated heterocycles. The molecule has 1 unspecified atom stereocenters. The number of nitrogens with zero attached hydrogens (tertiary/aromatic N) is 2. The SMILES string of the molecule is CCNC(=O)CC1C(=O)N(c2ccc(C)cc2)C(=O)N1Cc1ccc2c(c1)OCO2. The molecule has 1 fully saturated rings. The number of hydrogen-bond donors (Lipinski definition) is 1. The van der Waals surface area contributed by atoms with Crippen LogP contribution in [0.5, 0.6) is 11.5 Å². The summed E-state index contributed by atoms with van der Waals surface area (Å²) in [4.78, 5) is 41.2. The Hall–Kier alpha value is -3.55. The van der Waals surface area contributed by atoms with Crippen molar-refractivity contribution in [2.75, 3.05) is 18.2 Å². The molecule has 2 aromatic carbocycles. The Morgan fingerprint density at radius 3 is 2.57 bits per heavy atom. The molecule has 0 radical (unpaired) electrons. The number of amides is 4. The van der Waals surface area contributed by atoms with Crippen LogP contribution in [-0.2, 0) is 16.1 Å². The molecule has 0 saturated carbocycles. The standard InChI is InChI=1S/C22H23N3O5/c1-3-23-20(26)11-17-21(27)25(16-7-4-14(2)5-8-16)22(28)24(17)12-15-6-9-18-19(10-15)30-13-29-18/h4-10,17H,3,11-13H2,1-2H3,(H,23,26). The maximum absolute atomic E-state index is 13.2. The van der Waals surface area contributed by atoms with Crippen LogP contribution in [0.3, 0.4) is 0 Å². The van der Waals surface area contributed by atoms with Gasteiger partial charge in [0.05, 0.1) is 12.1 Å². The Labute approximate surface area is 174 Å². The van der Waals surface area contributed by atoms with Gasteiger partial charge in [-0.1, -0.05) is 23.8 Å². The Kier molecular flexibility index (Phi) is 5.31. The molecule has 0 aliphatic carbocycles. The molecule has 2 heterocycles. The second-order valence-corrected chi connectivity index (χ2v) is 7.28. The van der Waals surface area contributed by atoms with Gasteiger partial charge in [0.2, 0.25) is 12.7 Å². The molecule has 156 valence electrons. The predicted molar refractivity (Wildman–Crippen MR) is 109 cm³/mol. The van der Waals surface area contributed by atoms with Gasteiger partial charge in [-0.3, -0.25) is 9.59 Å². The fourth-order valence-electron chi connectivity index (χ4n) is 3.63. The van der Waals surface area contributed by atoms with Crippen LogP contribution in [0.1, 0.15) is 24.5 Å². The van der Waals surface area contributed by atoms with Gasteiger partial charge in [0.25, 0.3) is 5.91 Å². The Morgan fingerprint density at radius 2 is 1.83 bits per heavy atom. The van der Waals surface area contributed by atoms with Gasteiger partial charge in [-0.2, -0.15) is 0 Å². The van der Waals surface area contributed by atoms with Crippen molar-refractivity contribution in [2.24, 2.45) is 0 Å². The number of carbonyl (C=O) groups excluding carboxylic acids is 3. The van der Waals surface area contributed by atoms with Gasteiger partial charge in [-0.15, -0.1) is 0 Å². The molecule has 2 aromatic rings. The number of ether oxygens (including phenoxy) is 2. The summed E-state index contributed by atoms with van der Waals surface area (Å²) in [7, 11) is 0. The Balaban J connectivity index is 1.63. The minimum atomic E-state index is -0.879. The fraction of sp³-hybridized carbons (Fsp3) is 0.318. The number of fused-ring (bicyclic) bond motifs is 1. The molecule has 30 heavy (non-hydrogen) atoms. The third-order valence-corrected chi connectivity index (χ3v) is 5.15. The first-order valence-electron chi connectivity index (χ1n) is 9.84. The summed E-state index contributed by atoms with van der Waals surface area (Å²) in [5.74, 6) is 0.560. The summed E-state index contributed by atoms with van der Waals surface area (Å²) >= 11 is 0. The minimum Gasteiger partial charge on any atom is -0.454 e. The van der Waals surface area contributed by atoms with Gasteiger partial charge in [-0.25, -0.2) is 9.69 Å². The summed E-state index contributed by atoms with van der Waals surface area (Å²) < 4.78 is 10.7. The van der Waals surface area contributed by atoms with Crippen LogP contribution < -0.4 is 19.7 Å². The maximum Gasteiger partial charge on any atom is 0.332 e. The van der Waals surface area contributed by atoms with E-state index in [1.807, 2.05) is 32.0 Å². The molecular formula is C22H23N3O5. The monoisotopic (exact) mass is 409 g/mol. The quantitative estimate of drug-likeness (QED) is 0.741. The molecular weight excluding hydrogens is 386 g/mol. The molecule has 0 aromatic heterocycles. The van der Waals surface area contributed by atoms with E-state index in [2.05, 4.69) is 5.32 Å². The summed E-state index contributed by atoms with van der Waals surface area (Å²) in [6.07, 6.45) is -0.0919. The minimum absolute atomic E-state index is 0.0919. The van der Waals surface area contributed by atoms with Crippen LogP contribution >= 0.6 is 0 Å². The van der Waals surface area contributed by atoms with Crippen molar-refractivity contribution in [2.45, 2.75) is 32.9 Å². The maximum atomic E-state index is 13.2. The zero-order valence-corrected chi connectivity index (χ0v) is 16.9. The third kappa shape index (κ3) is 3.68. The van der Waals surface area contributed by atoms with E-state index in [0.29, 0.717) is 23.7 Å². The van der Waals surface area contributed by atoms with E-state index in [4.69, 9.17) is 9.47 Å². The number of nitrogens with one attached hydrogen (secondary N) is 1. The molecule has 4 amide bonds. The summed E-state index contributed by atoms with van der Waals surface area (Å²) in [5, 5.41) is 2.70. The zero-order chi connectivity index (χ0) is 21.3. The molecule has 2 aliphatic rings. The van der Waals surface area contributed by atoms with Crippen molar-refractivity contribution in [3.8, 4) is 11.5 Å². The summed E-state index contributed by atoms with van der Waals surface area (Å²) in [5.41, 5.74) is 2.30. The second-order valence-electron chi connectivity index (χ2n) is 7.28. The number of aryl methyl sites for hydroxylation is 1. The molecule has 0 spiro atoms. The average molecular weight is 409 g/mol. The lowest BCUT2D eigenvalue weighted by Gasteiger charge is -2.21. The van der Waals surface area contributed by atoms with Gasteiger partial charge in [0, 0.05) is 13.1 Å². The molecule has 8 heteroatoms. The fourth-order valence-corrected chi connectivity index (χ4v) is 3.63. The van der Waals surface area contributed by atoms with Crippen LogP contribution in [0, 0.1) is 6.92 Å². The predicted octanol–water partition coefficient (Wildman–Crippen LogP) is 2.59. The number of rotatable bonds is 6. The lowest BCUT2D eigenvalue weighted by Crippen LogP contribution is -2.39. The first-order chi connectivity index (χ1) is 14.5. The van der Waals surface area contributed by atoms with Gasteiger partial charge in [0.1, 0.15) is 6.04 Å². The van der Waals surface area contributed by atoms with Gasteiger partial charge in [-0.05, 0) is 43.7 Å². The number of urea groups is 1. The first kappa shape index (κ1) is 19.8. The number of anilines is 1. The Bertz CT molecular complexity index is 989. The molecule has 0 bridgehead atoms. The van der Waals surface area contributed by atoms with Crippen molar-refractivity contribution in [1.29, 1.82) is 0 Å². The van der Waals surface area contributed by atoms with Gasteiger partial charge in [0.15, 0.2) is 11.5 Å². The van der Waals surface area contributed by atoms with E-state index in [0.717, 1.165) is 16.0 Å². The lowest BCUT2D eigenvalue weighted by molar-refractivity contribution is -0.127. The van der Waals surface area contributed by atoms with Crippen molar-refractivity contribution in [1.82, 2.24) is 10.2 Å². The highest BCUT2D eigenvalue weighted by Gasteiger charge is 2.46. The molecule has 1 atom stereocenters. The van der Waals surface area contributed by atoms with E-state index in [1.165, 1.54) is 4.90 Å². The van der Waals surface area contributed by atoms with E-state index in [9.17, 15) is 14.4 Å². The molecule has 8 nitrogen and oxygen atoms in total. The number of hydrogen-bond acceptors (Lipinski definition) is 5. The van der Waals surface area contributed by atoms with Crippen molar-refractivity contribution in [3.05, 3.63) is 53.6 Å². The van der Waals surface area contributed by atoms with Crippen LogP contribution in [0.15, 0.2) is 42.5 Å². The normalized spacial score (nSPS) is 17.6. The van der Waals surface area contributed by atoms with E-state index in [-0.39, 0.29) is 25.7 Å². The van der Waals surface area contributed by atoms with E-state index < -0.39 is 18.0 Å². The van der Waals surface area contributed by atoms with Crippen LogP contribution in [0.4, 0.5) is 10.5 Å². The van der Waals surface area contributed by atoms with Crippen LogP contribution in [0.25, 0.3) is 0 Å². The molecule has 1 N–H and O–H groups in total. The first-order valence-corrected chi connectivity index (χ1v) is 9.84. The summed E-state index contributed by atoms with van der Waals surface area (Å²) in [6.45, 7) is 4.52. The highest BCUT2D eigenvalue weighted by atomic mass is 16.7. The van der Waals surface area contributed by atoms with Crippen molar-refractivity contribution in [3.63, 3.8) is 0 Å². The molecule has 2 aliphatic heterocycles. The number of imide groups is 1. The second kappa shape index (κ2) is 8.06. The van der Waals surface area contributed by atoms with Gasteiger partial charge >= 0.3 is 6.03 Å². The number of carbonyl (C=O) groups is 3. The van der Waals surface area contributed by atoms with E-state index >= 15 is 0 Å². The topological polar surface area (TPSA) is 88.2 Å². The smallest absolute Gasteiger partial charge is 0.332 e. The van der Waals surface area contributed by atoms with Crippen LogP contribution in [-0.4, -0.2) is 42.1 Å². The zero-order valence-electron chi connectivity index (χ0n) is 16.9. The van der Waals surface area contributed by atoms with Crippen molar-refractivity contribution >= 4 is 23.5 Å². The van der Waals surface area contributed by atoms with Gasteiger partial charge < -0.3 is 19.7 Å².